The highest BCUT2D eigenvalue weighted by atomic mass is 16.7. The number of rotatable bonds is 5. The maximum atomic E-state index is 12.6. The normalized spacial score (nSPS) is 15.6. The number of fused-ring (bicyclic) bond motifs is 1. The van der Waals surface area contributed by atoms with Gasteiger partial charge in [0, 0.05) is 30.5 Å². The van der Waals surface area contributed by atoms with Crippen molar-refractivity contribution in [2.45, 2.75) is 13.3 Å². The van der Waals surface area contributed by atoms with E-state index in [1.54, 1.807) is 18.2 Å². The number of benzene rings is 2. The van der Waals surface area contributed by atoms with E-state index in [9.17, 15) is 14.4 Å². The van der Waals surface area contributed by atoms with Gasteiger partial charge >= 0.3 is 11.8 Å². The summed E-state index contributed by atoms with van der Waals surface area (Å²) in [6.45, 7) is 2.53. The van der Waals surface area contributed by atoms with E-state index >= 15 is 0 Å². The molecule has 0 atom stereocenters. The minimum absolute atomic E-state index is 0.135. The van der Waals surface area contributed by atoms with Gasteiger partial charge in [0.05, 0.1) is 0 Å². The summed E-state index contributed by atoms with van der Waals surface area (Å²) in [4.78, 5) is 40.2. The zero-order valence-corrected chi connectivity index (χ0v) is 16.0. The van der Waals surface area contributed by atoms with E-state index < -0.39 is 11.8 Å². The van der Waals surface area contributed by atoms with Crippen LogP contribution in [0.1, 0.15) is 12.5 Å². The summed E-state index contributed by atoms with van der Waals surface area (Å²) in [5.41, 5.74) is 2.29. The molecule has 2 aromatic rings. The van der Waals surface area contributed by atoms with Gasteiger partial charge in [0.15, 0.2) is 11.5 Å². The van der Waals surface area contributed by atoms with Crippen LogP contribution in [-0.2, 0) is 20.8 Å². The third-order valence-corrected chi connectivity index (χ3v) is 4.98. The molecule has 0 spiro atoms. The Kier molecular flexibility index (Phi) is 5.07. The van der Waals surface area contributed by atoms with Crippen molar-refractivity contribution in [3.05, 3.63) is 48.0 Å². The maximum Gasteiger partial charge on any atom is 0.316 e. The van der Waals surface area contributed by atoms with Gasteiger partial charge in [0.1, 0.15) is 6.54 Å². The zero-order chi connectivity index (χ0) is 20.4. The number of hydrogen-bond donors (Lipinski definition) is 1. The van der Waals surface area contributed by atoms with Crippen molar-refractivity contribution in [2.75, 3.05) is 36.6 Å². The van der Waals surface area contributed by atoms with Gasteiger partial charge < -0.3 is 24.6 Å². The lowest BCUT2D eigenvalue weighted by molar-refractivity contribution is -0.147. The summed E-state index contributed by atoms with van der Waals surface area (Å²) in [5, 5.41) is 2.83. The third-order valence-electron chi connectivity index (χ3n) is 4.98. The standard InChI is InChI=1S/C21H21N3O5/c1-2-14-5-3-4-6-16(14)22-19(25)12-23-9-10-24(21(27)20(23)26)15-7-8-17-18(11-15)29-13-28-17/h3-8,11H,2,9-10,12-13H2,1H3,(H,22,25). The topological polar surface area (TPSA) is 88.2 Å². The Morgan fingerprint density at radius 1 is 1.03 bits per heavy atom. The Hall–Kier alpha value is -3.55. The second-order valence-electron chi connectivity index (χ2n) is 6.78. The number of carbonyl (C=O) groups excluding carboxylic acids is 3. The smallest absolute Gasteiger partial charge is 0.316 e. The average molecular weight is 395 g/mol. The van der Waals surface area contributed by atoms with E-state index in [4.69, 9.17) is 9.47 Å². The fraction of sp³-hybridized carbons (Fsp3) is 0.286. The Morgan fingerprint density at radius 3 is 2.66 bits per heavy atom. The quantitative estimate of drug-likeness (QED) is 0.780. The summed E-state index contributed by atoms with van der Waals surface area (Å²) in [6, 6.07) is 12.6. The van der Waals surface area contributed by atoms with Crippen LogP contribution in [-0.4, -0.2) is 49.0 Å². The average Bonchev–Trinajstić information content (AvgIpc) is 3.20. The van der Waals surface area contributed by atoms with Crippen LogP contribution in [0, 0.1) is 0 Å². The Bertz CT molecular complexity index is 975. The molecule has 1 N–H and O–H groups in total. The van der Waals surface area contributed by atoms with Crippen LogP contribution < -0.4 is 19.7 Å². The lowest BCUT2D eigenvalue weighted by Gasteiger charge is -2.33. The van der Waals surface area contributed by atoms with Gasteiger partial charge in [0.2, 0.25) is 12.7 Å². The lowest BCUT2D eigenvalue weighted by Crippen LogP contribution is -2.56. The van der Waals surface area contributed by atoms with Crippen LogP contribution in [0.15, 0.2) is 42.5 Å². The van der Waals surface area contributed by atoms with Gasteiger partial charge in [-0.15, -0.1) is 0 Å². The number of amides is 3. The van der Waals surface area contributed by atoms with Gasteiger partial charge in [-0.3, -0.25) is 14.4 Å². The first kappa shape index (κ1) is 18.8. The number of hydrogen-bond acceptors (Lipinski definition) is 5. The first-order chi connectivity index (χ1) is 14.1. The van der Waals surface area contributed by atoms with Crippen LogP contribution in [0.3, 0.4) is 0 Å². The van der Waals surface area contributed by atoms with Crippen molar-refractivity contribution >= 4 is 29.1 Å². The third kappa shape index (κ3) is 3.73. The zero-order valence-electron chi connectivity index (χ0n) is 16.0. The van der Waals surface area contributed by atoms with Gasteiger partial charge in [-0.2, -0.15) is 0 Å². The van der Waals surface area contributed by atoms with Crippen LogP contribution in [0.4, 0.5) is 11.4 Å². The van der Waals surface area contributed by atoms with Crippen molar-refractivity contribution in [1.82, 2.24) is 4.90 Å². The summed E-state index contributed by atoms with van der Waals surface area (Å²) < 4.78 is 10.6. The molecule has 0 unspecified atom stereocenters. The van der Waals surface area contributed by atoms with E-state index in [2.05, 4.69) is 5.32 Å². The number of para-hydroxylation sites is 1. The molecule has 0 radical (unpaired) electrons. The molecule has 4 rings (SSSR count). The van der Waals surface area contributed by atoms with Gasteiger partial charge in [-0.1, -0.05) is 25.1 Å². The van der Waals surface area contributed by atoms with Crippen LogP contribution in [0.2, 0.25) is 0 Å². The van der Waals surface area contributed by atoms with Crippen molar-refractivity contribution in [3.63, 3.8) is 0 Å². The molecular weight excluding hydrogens is 374 g/mol. The predicted octanol–water partition coefficient (Wildman–Crippen LogP) is 1.79. The minimum atomic E-state index is -0.701. The Labute approximate surface area is 168 Å². The molecule has 8 heteroatoms. The number of ether oxygens (including phenoxy) is 2. The van der Waals surface area contributed by atoms with Crippen LogP contribution >= 0.6 is 0 Å². The van der Waals surface area contributed by atoms with E-state index in [0.29, 0.717) is 23.7 Å². The lowest BCUT2D eigenvalue weighted by atomic mass is 10.1. The van der Waals surface area contributed by atoms with Gasteiger partial charge in [0.25, 0.3) is 0 Å². The molecule has 8 nitrogen and oxygen atoms in total. The van der Waals surface area contributed by atoms with E-state index in [1.807, 2.05) is 31.2 Å². The molecule has 150 valence electrons. The fourth-order valence-corrected chi connectivity index (χ4v) is 3.44. The highest BCUT2D eigenvalue weighted by Gasteiger charge is 2.35. The molecule has 1 saturated heterocycles. The SMILES string of the molecule is CCc1ccccc1NC(=O)CN1CCN(c2ccc3c(c2)OCO3)C(=O)C1=O. The molecule has 2 aliphatic rings. The van der Waals surface area contributed by atoms with Crippen molar-refractivity contribution in [1.29, 1.82) is 0 Å². The van der Waals surface area contributed by atoms with E-state index in [0.717, 1.165) is 17.7 Å². The number of carbonyl (C=O) groups is 3. The first-order valence-corrected chi connectivity index (χ1v) is 9.45. The molecular formula is C21H21N3O5. The highest BCUT2D eigenvalue weighted by molar-refractivity contribution is 6.41. The van der Waals surface area contributed by atoms with E-state index in [1.165, 1.54) is 9.80 Å². The van der Waals surface area contributed by atoms with Crippen LogP contribution in [0.5, 0.6) is 11.5 Å². The predicted molar refractivity (Wildman–Crippen MR) is 106 cm³/mol. The largest absolute Gasteiger partial charge is 0.454 e. The second kappa shape index (κ2) is 7.83. The first-order valence-electron chi connectivity index (χ1n) is 9.45. The number of nitrogens with one attached hydrogen (secondary N) is 1. The summed E-state index contributed by atoms with van der Waals surface area (Å²) >= 11 is 0. The number of anilines is 2. The van der Waals surface area contributed by atoms with Crippen molar-refractivity contribution in [2.24, 2.45) is 0 Å². The van der Waals surface area contributed by atoms with Gasteiger partial charge in [-0.25, -0.2) is 0 Å². The van der Waals surface area contributed by atoms with Crippen LogP contribution in [0.25, 0.3) is 0 Å². The van der Waals surface area contributed by atoms with E-state index in [-0.39, 0.29) is 25.8 Å². The summed E-state index contributed by atoms with van der Waals surface area (Å²) in [5.74, 6) is -0.553. The van der Waals surface area contributed by atoms with Crippen molar-refractivity contribution < 1.29 is 23.9 Å². The maximum absolute atomic E-state index is 12.6. The minimum Gasteiger partial charge on any atom is -0.454 e. The van der Waals surface area contributed by atoms with Gasteiger partial charge in [-0.05, 0) is 30.2 Å². The Balaban J connectivity index is 1.41. The van der Waals surface area contributed by atoms with Crippen molar-refractivity contribution in [3.8, 4) is 11.5 Å². The second-order valence-corrected chi connectivity index (χ2v) is 6.78. The fourth-order valence-electron chi connectivity index (χ4n) is 3.44. The molecule has 29 heavy (non-hydrogen) atoms. The molecule has 1 fully saturated rings. The molecule has 2 heterocycles. The number of piperazine rings is 1. The molecule has 2 aliphatic heterocycles. The molecule has 0 saturated carbocycles. The monoisotopic (exact) mass is 395 g/mol. The molecule has 2 aromatic carbocycles. The Morgan fingerprint density at radius 2 is 1.83 bits per heavy atom. The summed E-state index contributed by atoms with van der Waals surface area (Å²) in [7, 11) is 0. The molecule has 0 bridgehead atoms. The number of aryl methyl sites for hydroxylation is 1. The molecule has 0 aromatic heterocycles. The molecule has 3 amide bonds. The highest BCUT2D eigenvalue weighted by Crippen LogP contribution is 2.35. The molecule has 0 aliphatic carbocycles. The number of nitrogens with zero attached hydrogens (tertiary/aromatic N) is 2. The summed E-state index contributed by atoms with van der Waals surface area (Å²) in [6.07, 6.45) is 0.780.